The Hall–Kier alpha value is 0.350. The predicted octanol–water partition coefficient (Wildman–Crippen LogP) is -3.96. The van der Waals surface area contributed by atoms with Gasteiger partial charge in [0.25, 0.3) is 0 Å². The van der Waals surface area contributed by atoms with Gasteiger partial charge in [0.2, 0.25) is 0 Å². The summed E-state index contributed by atoms with van der Waals surface area (Å²) < 4.78 is 10.3. The van der Waals surface area contributed by atoms with Crippen LogP contribution in [0, 0.1) is 0 Å². The second-order valence-electron chi connectivity index (χ2n) is 2.00. The molecular weight excluding hydrogens is 231 g/mol. The number of aliphatic carboxylic acids is 2. The molecule has 9 heteroatoms. The molecule has 0 radical (unpaired) electrons. The molecule has 0 rings (SSSR count). The van der Waals surface area contributed by atoms with Crippen LogP contribution in [-0.4, -0.2) is 65.1 Å². The molecule has 1 unspecified atom stereocenters. The fraction of sp³-hybridized carbons (Fsp3) is 0.500. The van der Waals surface area contributed by atoms with Crippen molar-refractivity contribution in [3.63, 3.8) is 0 Å². The number of hydrogen-bond acceptors (Lipinski definition) is 5. The minimum atomic E-state index is -4.97. The third-order valence-corrected chi connectivity index (χ3v) is 2.24. The van der Waals surface area contributed by atoms with Crippen LogP contribution in [0.5, 0.6) is 0 Å². The van der Waals surface area contributed by atoms with Crippen LogP contribution in [0.1, 0.15) is 6.42 Å². The summed E-state index contributed by atoms with van der Waals surface area (Å²) in [6, 6.07) is 0. The van der Waals surface area contributed by atoms with E-state index in [0.29, 0.717) is 0 Å². The molecule has 13 heavy (non-hydrogen) atoms. The summed E-state index contributed by atoms with van der Waals surface area (Å²) in [5, 5.41) is 19.8. The van der Waals surface area contributed by atoms with E-state index in [0.717, 1.165) is 0 Å². The van der Waals surface area contributed by atoms with E-state index in [4.69, 9.17) is 9.79 Å². The average Bonchev–Trinajstić information content (AvgIpc) is 1.79. The molecule has 0 aliphatic heterocycles. The van der Waals surface area contributed by atoms with Crippen LogP contribution in [-0.2, 0) is 14.2 Å². The number of hydrogen-bond donors (Lipinski definition) is 2. The minimum absolute atomic E-state index is 0. The number of rotatable bonds is 4. The van der Waals surface area contributed by atoms with Crippen molar-refractivity contribution < 1.29 is 34.2 Å². The molecule has 7 nitrogen and oxygen atoms in total. The van der Waals surface area contributed by atoms with Crippen LogP contribution < -0.4 is 10.2 Å². The topological polar surface area (TPSA) is 138 Å². The molecule has 0 aromatic rings. The average molecular weight is 236 g/mol. The fourth-order valence-corrected chi connectivity index (χ4v) is 1.16. The number of carboxylic acids is 2. The van der Waals surface area contributed by atoms with Crippen molar-refractivity contribution in [2.75, 3.05) is 0 Å². The first kappa shape index (κ1) is 15.8. The van der Waals surface area contributed by atoms with Gasteiger partial charge in [-0.15, -0.1) is 0 Å². The van der Waals surface area contributed by atoms with Gasteiger partial charge in [0, 0.05) is 12.4 Å². The Labute approximate surface area is 103 Å². The Morgan fingerprint density at radius 3 is 1.77 bits per heavy atom. The fourth-order valence-electron chi connectivity index (χ4n) is 0.497. The second kappa shape index (κ2) is 5.95. The van der Waals surface area contributed by atoms with Crippen LogP contribution in [0.4, 0.5) is 0 Å². The molecule has 0 heterocycles. The van der Waals surface area contributed by atoms with Gasteiger partial charge in [0.1, 0.15) is 5.66 Å². The molecule has 2 N–H and O–H groups in total. The summed E-state index contributed by atoms with van der Waals surface area (Å²) in [5.74, 6) is -3.96. The number of carbonyl (C=O) groups is 2. The summed E-state index contributed by atoms with van der Waals surface area (Å²) >= 11 is 0. The Balaban J connectivity index is 0. The summed E-state index contributed by atoms with van der Waals surface area (Å²) in [6.45, 7) is 0. The normalized spacial score (nSPS) is 12.8. The van der Waals surface area contributed by atoms with Gasteiger partial charge in [-0.25, -0.2) is 0 Å². The first-order valence-corrected chi connectivity index (χ1v) is 4.39. The molecule has 0 saturated carbocycles. The zero-order valence-corrected chi connectivity index (χ0v) is 9.48. The van der Waals surface area contributed by atoms with E-state index in [1.807, 2.05) is 0 Å². The quantitative estimate of drug-likeness (QED) is 0.375. The largest absolute Gasteiger partial charge is 2.00 e. The van der Waals surface area contributed by atoms with Gasteiger partial charge in [-0.1, -0.05) is 0 Å². The van der Waals surface area contributed by atoms with Crippen molar-refractivity contribution in [2.24, 2.45) is 0 Å². The minimum Gasteiger partial charge on any atom is -0.550 e. The summed E-state index contributed by atoms with van der Waals surface area (Å²) in [7, 11) is -4.97. The van der Waals surface area contributed by atoms with E-state index in [1.165, 1.54) is 0 Å². The molecule has 0 spiro atoms. The van der Waals surface area contributed by atoms with Gasteiger partial charge in [0.05, 0.1) is 5.97 Å². The van der Waals surface area contributed by atoms with Crippen molar-refractivity contribution in [3.8, 4) is 0 Å². The van der Waals surface area contributed by atoms with Crippen molar-refractivity contribution in [1.82, 2.24) is 0 Å². The van der Waals surface area contributed by atoms with Crippen molar-refractivity contribution in [3.05, 3.63) is 0 Å². The van der Waals surface area contributed by atoms with E-state index in [9.17, 15) is 24.4 Å². The molecule has 0 amide bonds. The zero-order chi connectivity index (χ0) is 9.94. The third kappa shape index (κ3) is 6.42. The van der Waals surface area contributed by atoms with Gasteiger partial charge >= 0.3 is 45.3 Å². The predicted molar refractivity (Wildman–Crippen MR) is 36.2 cm³/mol. The molecule has 70 valence electrons. The van der Waals surface area contributed by atoms with Crippen LogP contribution in [0.15, 0.2) is 0 Å². The van der Waals surface area contributed by atoms with Crippen LogP contribution in [0.25, 0.3) is 0 Å². The zero-order valence-electron chi connectivity index (χ0n) is 6.37. The van der Waals surface area contributed by atoms with Gasteiger partial charge in [-0.05, 0) is 0 Å². The third-order valence-electron chi connectivity index (χ3n) is 1.04. The van der Waals surface area contributed by atoms with Gasteiger partial charge in [-0.2, -0.15) is 0 Å². The molecule has 1 atom stereocenters. The number of carboxylic acid groups (broad SMARTS) is 2. The van der Waals surface area contributed by atoms with Crippen molar-refractivity contribution >= 4 is 57.3 Å². The van der Waals surface area contributed by atoms with Crippen LogP contribution in [0.2, 0.25) is 0 Å². The second-order valence-corrected chi connectivity index (χ2v) is 3.80. The summed E-state index contributed by atoms with van der Waals surface area (Å²) in [5.41, 5.74) is -2.33. The van der Waals surface area contributed by atoms with E-state index in [-0.39, 0.29) is 37.7 Å². The van der Waals surface area contributed by atoms with Crippen molar-refractivity contribution in [1.29, 1.82) is 0 Å². The maximum absolute atomic E-state index is 10.3. The van der Waals surface area contributed by atoms with Gasteiger partial charge < -0.3 is 29.6 Å². The summed E-state index contributed by atoms with van der Waals surface area (Å²) in [6.07, 6.45) is -1.26. The standard InChI is InChI=1S/C4H7O7P.Ca/c5-3(6)1-2(4(7)8)12(9,10)11;/h2H,1H2,(H,5,6)(H,7,8)(H2,9,10,11);/q;+2/p-2. The van der Waals surface area contributed by atoms with Crippen molar-refractivity contribution in [2.45, 2.75) is 12.1 Å². The Bertz CT molecular complexity index is 245. The molecule has 0 aliphatic rings. The monoisotopic (exact) mass is 236 g/mol. The Morgan fingerprint density at radius 1 is 1.31 bits per heavy atom. The molecule has 0 bridgehead atoms. The molecule has 0 aromatic heterocycles. The maximum Gasteiger partial charge on any atom is 2.00 e. The summed E-state index contributed by atoms with van der Waals surface area (Å²) in [4.78, 5) is 36.4. The molecular formula is C4H5CaO7P. The molecule has 0 aromatic carbocycles. The van der Waals surface area contributed by atoms with E-state index in [1.54, 1.807) is 0 Å². The Morgan fingerprint density at radius 2 is 1.69 bits per heavy atom. The van der Waals surface area contributed by atoms with Gasteiger partial charge in [-0.3, -0.25) is 4.57 Å². The SMILES string of the molecule is O=C([O-])CC(C(=O)[O-])P(=O)(O)O.[Ca+2]. The van der Waals surface area contributed by atoms with E-state index >= 15 is 0 Å². The Kier molecular flexibility index (Phi) is 7.24. The van der Waals surface area contributed by atoms with Gasteiger partial charge in [0.15, 0.2) is 0 Å². The first-order chi connectivity index (χ1) is 5.25. The molecule has 0 aliphatic carbocycles. The maximum atomic E-state index is 10.3. The first-order valence-electron chi connectivity index (χ1n) is 2.71. The van der Waals surface area contributed by atoms with Crippen LogP contribution >= 0.6 is 7.60 Å². The smallest absolute Gasteiger partial charge is 0.550 e. The number of carbonyl (C=O) groups excluding carboxylic acids is 2. The molecule has 0 fully saturated rings. The van der Waals surface area contributed by atoms with E-state index in [2.05, 4.69) is 0 Å². The molecule has 0 saturated heterocycles. The van der Waals surface area contributed by atoms with Crippen LogP contribution in [0.3, 0.4) is 0 Å². The van der Waals surface area contributed by atoms with E-state index < -0.39 is 31.6 Å².